The lowest BCUT2D eigenvalue weighted by Crippen LogP contribution is -2.31. The van der Waals surface area contributed by atoms with Gasteiger partial charge in [0.2, 0.25) is 0 Å². The zero-order chi connectivity index (χ0) is 21.1. The highest BCUT2D eigenvalue weighted by molar-refractivity contribution is 6.21. The van der Waals surface area contributed by atoms with Crippen LogP contribution in [0.3, 0.4) is 0 Å². The van der Waals surface area contributed by atoms with Crippen LogP contribution in [0.1, 0.15) is 44.9 Å². The van der Waals surface area contributed by atoms with Crippen LogP contribution in [-0.2, 0) is 21.4 Å². The smallest absolute Gasteiger partial charge is 0.306 e. The molecule has 1 aromatic heterocycles. The van der Waals surface area contributed by atoms with Crippen LogP contribution in [0.5, 0.6) is 0 Å². The van der Waals surface area contributed by atoms with Crippen LogP contribution in [0, 0.1) is 13.8 Å². The minimum Gasteiger partial charge on any atom is -0.456 e. The molecule has 1 aliphatic rings. The summed E-state index contributed by atoms with van der Waals surface area (Å²) in [5, 5.41) is 6.88. The van der Waals surface area contributed by atoms with Gasteiger partial charge in [0.25, 0.3) is 17.7 Å². The minimum absolute atomic E-state index is 0.00830. The van der Waals surface area contributed by atoms with Gasteiger partial charge in [0.15, 0.2) is 6.61 Å². The molecule has 1 N–H and O–H groups in total. The third-order valence-corrected chi connectivity index (χ3v) is 4.78. The molecule has 0 radical (unpaired) electrons. The van der Waals surface area contributed by atoms with Crippen LogP contribution in [0.4, 0.5) is 5.69 Å². The van der Waals surface area contributed by atoms with E-state index in [1.54, 1.807) is 42.9 Å². The molecule has 0 spiro atoms. The van der Waals surface area contributed by atoms with Crippen molar-refractivity contribution in [1.82, 2.24) is 14.7 Å². The number of esters is 1. The van der Waals surface area contributed by atoms with E-state index in [9.17, 15) is 19.2 Å². The highest BCUT2D eigenvalue weighted by atomic mass is 16.5. The van der Waals surface area contributed by atoms with Crippen molar-refractivity contribution in [2.24, 2.45) is 7.05 Å². The second-order valence-corrected chi connectivity index (χ2v) is 6.79. The van der Waals surface area contributed by atoms with Crippen molar-refractivity contribution < 1.29 is 23.9 Å². The lowest BCUT2D eigenvalue weighted by molar-refractivity contribution is -0.147. The van der Waals surface area contributed by atoms with Crippen molar-refractivity contribution in [3.63, 3.8) is 0 Å². The Morgan fingerprint density at radius 2 is 1.72 bits per heavy atom. The number of nitrogens with zero attached hydrogens (tertiary/aromatic N) is 3. The highest BCUT2D eigenvalue weighted by Crippen LogP contribution is 2.22. The molecule has 9 nitrogen and oxygen atoms in total. The maximum Gasteiger partial charge on any atom is 0.306 e. The van der Waals surface area contributed by atoms with Gasteiger partial charge in [0.05, 0.1) is 28.2 Å². The summed E-state index contributed by atoms with van der Waals surface area (Å²) >= 11 is 0. The predicted molar refractivity (Wildman–Crippen MR) is 103 cm³/mol. The number of benzene rings is 1. The van der Waals surface area contributed by atoms with Gasteiger partial charge < -0.3 is 10.1 Å². The van der Waals surface area contributed by atoms with E-state index in [1.807, 2.05) is 6.92 Å². The van der Waals surface area contributed by atoms with Crippen LogP contribution < -0.4 is 5.32 Å². The molecule has 2 heterocycles. The van der Waals surface area contributed by atoms with E-state index in [-0.39, 0.29) is 31.2 Å². The van der Waals surface area contributed by atoms with Crippen molar-refractivity contribution in [2.45, 2.75) is 26.7 Å². The van der Waals surface area contributed by atoms with E-state index in [1.165, 1.54) is 0 Å². The Hall–Kier alpha value is -3.49. The molecule has 0 atom stereocenters. The number of hydrogen-bond acceptors (Lipinski definition) is 6. The number of aryl methyl sites for hydroxylation is 2. The van der Waals surface area contributed by atoms with E-state index >= 15 is 0 Å². The van der Waals surface area contributed by atoms with E-state index < -0.39 is 18.5 Å². The molecule has 1 aromatic carbocycles. The fourth-order valence-electron chi connectivity index (χ4n) is 3.17. The molecule has 0 aliphatic carbocycles. The van der Waals surface area contributed by atoms with Crippen LogP contribution in [0.2, 0.25) is 0 Å². The Morgan fingerprint density at radius 1 is 1.10 bits per heavy atom. The Balaban J connectivity index is 1.42. The average Bonchev–Trinajstić information content (AvgIpc) is 3.08. The lowest BCUT2D eigenvalue weighted by atomic mass is 10.1. The number of imide groups is 1. The van der Waals surface area contributed by atoms with E-state index in [2.05, 4.69) is 10.4 Å². The molecule has 9 heteroatoms. The summed E-state index contributed by atoms with van der Waals surface area (Å²) in [5.74, 6) is -1.75. The lowest BCUT2D eigenvalue weighted by Gasteiger charge is -2.13. The number of hydrogen-bond donors (Lipinski definition) is 1. The molecule has 0 unspecified atom stereocenters. The minimum atomic E-state index is -0.573. The van der Waals surface area contributed by atoms with Gasteiger partial charge in [-0.1, -0.05) is 12.1 Å². The summed E-state index contributed by atoms with van der Waals surface area (Å²) in [6, 6.07) is 6.61. The van der Waals surface area contributed by atoms with Crippen molar-refractivity contribution in [1.29, 1.82) is 0 Å². The van der Waals surface area contributed by atoms with Crippen molar-refractivity contribution in [2.75, 3.05) is 18.5 Å². The van der Waals surface area contributed by atoms with Gasteiger partial charge in [0.1, 0.15) is 0 Å². The molecular weight excluding hydrogens is 376 g/mol. The first kappa shape index (κ1) is 20.2. The summed E-state index contributed by atoms with van der Waals surface area (Å²) in [6.45, 7) is 3.29. The topological polar surface area (TPSA) is 111 Å². The molecule has 1 aliphatic heterocycles. The number of amides is 3. The third-order valence-electron chi connectivity index (χ3n) is 4.78. The maximum absolute atomic E-state index is 12.3. The quantitative estimate of drug-likeness (QED) is 0.560. The molecule has 0 bridgehead atoms. The summed E-state index contributed by atoms with van der Waals surface area (Å²) in [5.41, 5.74) is 2.81. The van der Waals surface area contributed by atoms with Gasteiger partial charge in [-0.05, 0) is 32.4 Å². The monoisotopic (exact) mass is 398 g/mol. The standard InChI is InChI=1S/C20H22N4O5/c1-12-18(13(2)23(3)22-12)21-16(25)11-29-17(26)9-6-10-24-19(27)14-7-4-5-8-15(14)20(24)28/h4-5,7-8H,6,9-11H2,1-3H3,(H,21,25). The van der Waals surface area contributed by atoms with Crippen LogP contribution in [0.25, 0.3) is 0 Å². The summed E-state index contributed by atoms with van der Waals surface area (Å²) < 4.78 is 6.63. The molecule has 2 aromatic rings. The molecule has 0 saturated heterocycles. The zero-order valence-corrected chi connectivity index (χ0v) is 16.5. The van der Waals surface area contributed by atoms with Crippen LogP contribution >= 0.6 is 0 Å². The van der Waals surface area contributed by atoms with E-state index in [4.69, 9.17) is 4.74 Å². The molecule has 0 saturated carbocycles. The third kappa shape index (κ3) is 4.18. The van der Waals surface area contributed by atoms with Crippen molar-refractivity contribution in [3.05, 3.63) is 46.8 Å². The molecule has 0 fully saturated rings. The molecular formula is C20H22N4O5. The highest BCUT2D eigenvalue weighted by Gasteiger charge is 2.34. The number of rotatable bonds is 7. The van der Waals surface area contributed by atoms with E-state index in [0.29, 0.717) is 22.5 Å². The summed E-state index contributed by atoms with van der Waals surface area (Å²) in [6.07, 6.45) is 0.248. The molecule has 3 amide bonds. The predicted octanol–water partition coefficient (Wildman–Crippen LogP) is 1.60. The Bertz CT molecular complexity index is 960. The van der Waals surface area contributed by atoms with Gasteiger partial charge in [-0.15, -0.1) is 0 Å². The first-order chi connectivity index (χ1) is 13.8. The SMILES string of the molecule is Cc1nn(C)c(C)c1NC(=O)COC(=O)CCCN1C(=O)c2ccccc2C1=O. The fourth-order valence-corrected chi connectivity index (χ4v) is 3.17. The molecule has 29 heavy (non-hydrogen) atoms. The second-order valence-electron chi connectivity index (χ2n) is 6.79. The first-order valence-electron chi connectivity index (χ1n) is 9.20. The van der Waals surface area contributed by atoms with Crippen molar-refractivity contribution in [3.8, 4) is 0 Å². The fraction of sp³-hybridized carbons (Fsp3) is 0.350. The number of nitrogens with one attached hydrogen (secondary N) is 1. The normalized spacial score (nSPS) is 12.9. The van der Waals surface area contributed by atoms with Gasteiger partial charge in [0, 0.05) is 20.0 Å². The second kappa shape index (κ2) is 8.26. The number of fused-ring (bicyclic) bond motifs is 1. The Morgan fingerprint density at radius 3 is 2.28 bits per heavy atom. The van der Waals surface area contributed by atoms with Gasteiger partial charge in [-0.25, -0.2) is 0 Å². The number of carbonyl (C=O) groups is 4. The van der Waals surface area contributed by atoms with Crippen LogP contribution in [0.15, 0.2) is 24.3 Å². The van der Waals surface area contributed by atoms with Crippen LogP contribution in [-0.4, -0.2) is 51.5 Å². The summed E-state index contributed by atoms with van der Waals surface area (Å²) in [7, 11) is 1.77. The number of ether oxygens (including phenoxy) is 1. The van der Waals surface area contributed by atoms with Gasteiger partial charge in [-0.2, -0.15) is 5.10 Å². The number of aromatic nitrogens is 2. The van der Waals surface area contributed by atoms with Crippen molar-refractivity contribution >= 4 is 29.4 Å². The summed E-state index contributed by atoms with van der Waals surface area (Å²) in [4.78, 5) is 49.5. The van der Waals surface area contributed by atoms with Gasteiger partial charge >= 0.3 is 5.97 Å². The molecule has 3 rings (SSSR count). The average molecular weight is 398 g/mol. The molecule has 152 valence electrons. The zero-order valence-electron chi connectivity index (χ0n) is 16.5. The first-order valence-corrected chi connectivity index (χ1v) is 9.20. The van der Waals surface area contributed by atoms with E-state index in [0.717, 1.165) is 10.6 Å². The Labute approximate surface area is 167 Å². The maximum atomic E-state index is 12.3. The number of carbonyl (C=O) groups excluding carboxylic acids is 4. The Kier molecular flexibility index (Phi) is 5.76. The largest absolute Gasteiger partial charge is 0.456 e. The number of anilines is 1. The van der Waals surface area contributed by atoms with Gasteiger partial charge in [-0.3, -0.25) is 28.8 Å².